The van der Waals surface area contributed by atoms with Gasteiger partial charge in [-0.1, -0.05) is 23.6 Å². The summed E-state index contributed by atoms with van der Waals surface area (Å²) in [6.07, 6.45) is 6.70. The van der Waals surface area contributed by atoms with E-state index in [2.05, 4.69) is 21.8 Å². The summed E-state index contributed by atoms with van der Waals surface area (Å²) in [5.41, 5.74) is 5.14. The largest absolute Gasteiger partial charge is 0.497 e. The van der Waals surface area contributed by atoms with E-state index in [-0.39, 0.29) is 19.1 Å². The number of nitrogens with zero attached hydrogens (tertiary/aromatic N) is 1. The Bertz CT molecular complexity index is 808. The number of anilines is 1. The van der Waals surface area contributed by atoms with Gasteiger partial charge in [-0.05, 0) is 37.3 Å². The number of methoxy groups -OCH3 is 1. The zero-order valence-electron chi connectivity index (χ0n) is 14.8. The van der Waals surface area contributed by atoms with Crippen molar-refractivity contribution in [3.63, 3.8) is 0 Å². The summed E-state index contributed by atoms with van der Waals surface area (Å²) < 4.78 is 10.6. The maximum absolute atomic E-state index is 11.9. The van der Waals surface area contributed by atoms with Gasteiger partial charge >= 0.3 is 0 Å². The maximum atomic E-state index is 11.9. The second-order valence-corrected chi connectivity index (χ2v) is 5.41. The third-order valence-corrected chi connectivity index (χ3v) is 3.43. The van der Waals surface area contributed by atoms with Crippen LogP contribution in [0.2, 0.25) is 0 Å². The van der Waals surface area contributed by atoms with E-state index in [4.69, 9.17) is 15.9 Å². The van der Waals surface area contributed by atoms with Crippen molar-refractivity contribution in [1.29, 1.82) is 0 Å². The molecular weight excluding hydrogens is 330 g/mol. The Kier molecular flexibility index (Phi) is 7.07. The lowest BCUT2D eigenvalue weighted by atomic mass is 10.2. The Morgan fingerprint density at radius 3 is 2.73 bits per heavy atom. The average molecular weight is 351 g/mol. The van der Waals surface area contributed by atoms with Crippen LogP contribution in [0.4, 0.5) is 5.69 Å². The lowest BCUT2D eigenvalue weighted by Crippen LogP contribution is -2.25. The highest BCUT2D eigenvalue weighted by atomic mass is 16.5. The van der Waals surface area contributed by atoms with Crippen molar-refractivity contribution < 1.29 is 14.3 Å². The molecule has 0 saturated carbocycles. The first-order chi connectivity index (χ1) is 12.6. The zero-order chi connectivity index (χ0) is 18.8. The summed E-state index contributed by atoms with van der Waals surface area (Å²) in [7, 11) is 1.57. The fourth-order valence-corrected chi connectivity index (χ4v) is 2.07. The molecule has 0 heterocycles. The third-order valence-electron chi connectivity index (χ3n) is 3.43. The molecule has 134 valence electrons. The molecule has 0 aromatic heterocycles. The fourth-order valence-electron chi connectivity index (χ4n) is 2.07. The number of ether oxygens (including phenoxy) is 2. The van der Waals surface area contributed by atoms with E-state index >= 15 is 0 Å². The molecule has 2 rings (SSSR count). The molecule has 2 aromatic rings. The van der Waals surface area contributed by atoms with E-state index in [0.29, 0.717) is 17.1 Å². The molecule has 0 aliphatic carbocycles. The maximum Gasteiger partial charge on any atom is 0.259 e. The van der Waals surface area contributed by atoms with Crippen LogP contribution in [0.5, 0.6) is 11.5 Å². The van der Waals surface area contributed by atoms with E-state index in [9.17, 15) is 4.79 Å². The molecule has 2 N–H and O–H groups in total. The van der Waals surface area contributed by atoms with Crippen LogP contribution in [0.15, 0.2) is 47.6 Å². The highest BCUT2D eigenvalue weighted by Gasteiger charge is 2.04. The Morgan fingerprint density at radius 2 is 2.04 bits per heavy atom. The van der Waals surface area contributed by atoms with Crippen molar-refractivity contribution in [2.24, 2.45) is 5.10 Å². The molecular formula is C20H21N3O3. The summed E-state index contributed by atoms with van der Waals surface area (Å²) in [6, 6.07) is 13.0. The van der Waals surface area contributed by atoms with E-state index in [1.54, 1.807) is 25.3 Å². The van der Waals surface area contributed by atoms with Crippen LogP contribution in [-0.2, 0) is 4.79 Å². The number of aryl methyl sites for hydroxylation is 1. The van der Waals surface area contributed by atoms with Gasteiger partial charge in [-0.3, -0.25) is 4.79 Å². The van der Waals surface area contributed by atoms with Gasteiger partial charge in [-0.2, -0.15) is 5.10 Å². The molecule has 0 spiro atoms. The fraction of sp³-hybridized carbons (Fsp3) is 0.200. The van der Waals surface area contributed by atoms with Gasteiger partial charge in [0.2, 0.25) is 0 Å². The minimum Gasteiger partial charge on any atom is -0.497 e. The van der Waals surface area contributed by atoms with E-state index in [1.165, 1.54) is 6.21 Å². The minimum atomic E-state index is -0.268. The summed E-state index contributed by atoms with van der Waals surface area (Å²) in [6.45, 7) is 2.25. The second-order valence-electron chi connectivity index (χ2n) is 5.41. The first-order valence-electron chi connectivity index (χ1n) is 7.99. The molecule has 0 unspecified atom stereocenters. The SMILES string of the molecule is C#CCOc1ccc(OC)cc1/C=N\NC(=O)CNc1ccc(C)cc1. The first-order valence-corrected chi connectivity index (χ1v) is 7.99. The van der Waals surface area contributed by atoms with Crippen LogP contribution in [-0.4, -0.2) is 32.4 Å². The number of hydrogen-bond donors (Lipinski definition) is 2. The third kappa shape index (κ3) is 5.87. The van der Waals surface area contributed by atoms with Gasteiger partial charge in [0.25, 0.3) is 5.91 Å². The number of amides is 1. The number of rotatable bonds is 8. The van der Waals surface area contributed by atoms with Gasteiger partial charge in [0, 0.05) is 11.3 Å². The first kappa shape index (κ1) is 18.9. The Morgan fingerprint density at radius 1 is 1.27 bits per heavy atom. The number of nitrogens with one attached hydrogen (secondary N) is 2. The monoisotopic (exact) mass is 351 g/mol. The van der Waals surface area contributed by atoms with E-state index < -0.39 is 0 Å². The molecule has 0 radical (unpaired) electrons. The second kappa shape index (κ2) is 9.74. The van der Waals surface area contributed by atoms with Crippen molar-refractivity contribution in [2.45, 2.75) is 6.92 Å². The molecule has 0 fully saturated rings. The topological polar surface area (TPSA) is 72.0 Å². The van der Waals surface area contributed by atoms with Gasteiger partial charge in [0.1, 0.15) is 18.1 Å². The van der Waals surface area contributed by atoms with Gasteiger partial charge in [-0.15, -0.1) is 6.42 Å². The van der Waals surface area contributed by atoms with Crippen LogP contribution in [0.25, 0.3) is 0 Å². The normalized spacial score (nSPS) is 10.2. The number of carbonyl (C=O) groups excluding carboxylic acids is 1. The van der Waals surface area contributed by atoms with Crippen molar-refractivity contribution in [1.82, 2.24) is 5.43 Å². The standard InChI is InChI=1S/C20H21N3O3/c1-4-11-26-19-10-9-18(25-3)12-16(19)13-22-23-20(24)14-21-17-7-5-15(2)6-8-17/h1,5-10,12-13,21H,11,14H2,2-3H3,(H,23,24)/b22-13-. The number of benzene rings is 2. The number of carbonyl (C=O) groups is 1. The van der Waals surface area contributed by atoms with Gasteiger partial charge in [0.05, 0.1) is 19.9 Å². The molecule has 26 heavy (non-hydrogen) atoms. The summed E-state index contributed by atoms with van der Waals surface area (Å²) in [4.78, 5) is 11.9. The Labute approximate surface area is 153 Å². The van der Waals surface area contributed by atoms with Crippen molar-refractivity contribution in [2.75, 3.05) is 25.6 Å². The highest BCUT2D eigenvalue weighted by molar-refractivity contribution is 5.86. The van der Waals surface area contributed by atoms with Crippen LogP contribution in [0, 0.1) is 19.3 Å². The molecule has 2 aromatic carbocycles. The Hall–Kier alpha value is -3.46. The van der Waals surface area contributed by atoms with Crippen molar-refractivity contribution >= 4 is 17.8 Å². The summed E-state index contributed by atoms with van der Waals surface area (Å²) in [5.74, 6) is 3.34. The molecule has 6 nitrogen and oxygen atoms in total. The quantitative estimate of drug-likeness (QED) is 0.436. The van der Waals surface area contributed by atoms with Crippen molar-refractivity contribution in [3.05, 3.63) is 53.6 Å². The van der Waals surface area contributed by atoms with Gasteiger partial charge in [0.15, 0.2) is 0 Å². The summed E-state index contributed by atoms with van der Waals surface area (Å²) >= 11 is 0. The van der Waals surface area contributed by atoms with Gasteiger partial charge in [-0.25, -0.2) is 5.43 Å². The predicted octanol–water partition coefficient (Wildman–Crippen LogP) is 2.58. The molecule has 0 aliphatic rings. The molecule has 0 bridgehead atoms. The van der Waals surface area contributed by atoms with Crippen molar-refractivity contribution in [3.8, 4) is 23.8 Å². The lowest BCUT2D eigenvalue weighted by Gasteiger charge is -2.08. The van der Waals surface area contributed by atoms with Gasteiger partial charge < -0.3 is 14.8 Å². The van der Waals surface area contributed by atoms with Crippen LogP contribution >= 0.6 is 0 Å². The minimum absolute atomic E-state index is 0.110. The molecule has 6 heteroatoms. The zero-order valence-corrected chi connectivity index (χ0v) is 14.8. The molecule has 0 atom stereocenters. The molecule has 0 aliphatic heterocycles. The molecule has 0 saturated heterocycles. The van der Waals surface area contributed by atoms with E-state index in [0.717, 1.165) is 11.3 Å². The number of hydrazone groups is 1. The highest BCUT2D eigenvalue weighted by Crippen LogP contribution is 2.22. The molecule has 1 amide bonds. The predicted molar refractivity (Wildman–Crippen MR) is 103 cm³/mol. The smallest absolute Gasteiger partial charge is 0.259 e. The summed E-state index contributed by atoms with van der Waals surface area (Å²) in [5, 5.41) is 6.99. The lowest BCUT2D eigenvalue weighted by molar-refractivity contribution is -0.119. The number of hydrogen-bond acceptors (Lipinski definition) is 5. The van der Waals surface area contributed by atoms with E-state index in [1.807, 2.05) is 31.2 Å². The number of terminal acetylenes is 1. The van der Waals surface area contributed by atoms with Crippen LogP contribution in [0.3, 0.4) is 0 Å². The van der Waals surface area contributed by atoms with Crippen LogP contribution in [0.1, 0.15) is 11.1 Å². The Balaban J connectivity index is 1.92. The average Bonchev–Trinajstić information content (AvgIpc) is 2.66. The van der Waals surface area contributed by atoms with Crippen LogP contribution < -0.4 is 20.2 Å².